The highest BCUT2D eigenvalue weighted by Gasteiger charge is 2.45. The summed E-state index contributed by atoms with van der Waals surface area (Å²) in [5.74, 6) is -0.562. The normalized spacial score (nSPS) is 30.6. The van der Waals surface area contributed by atoms with Crippen LogP contribution in [0, 0.1) is 11.8 Å². The number of aliphatic carboxylic acids is 1. The van der Waals surface area contributed by atoms with Crippen LogP contribution in [-0.4, -0.2) is 60.9 Å². The molecule has 1 aromatic carbocycles. The summed E-state index contributed by atoms with van der Waals surface area (Å²) in [5.41, 5.74) is 3.56. The molecule has 0 radical (unpaired) electrons. The molecule has 2 saturated heterocycles. The number of oxime groups is 1. The number of benzene rings is 1. The lowest BCUT2D eigenvalue weighted by molar-refractivity contribution is -0.140. The number of hydrogen-bond acceptors (Lipinski definition) is 7. The van der Waals surface area contributed by atoms with Crippen LogP contribution in [0.1, 0.15) is 96.2 Å². The predicted octanol–water partition coefficient (Wildman–Crippen LogP) is 3.99. The Morgan fingerprint density at radius 2 is 1.59 bits per heavy atom. The molecule has 4 aliphatic rings. The molecule has 3 N–H and O–H groups in total. The summed E-state index contributed by atoms with van der Waals surface area (Å²) < 4.78 is 1.76. The van der Waals surface area contributed by atoms with Gasteiger partial charge in [-0.2, -0.15) is 0 Å². The van der Waals surface area contributed by atoms with Crippen molar-refractivity contribution in [1.29, 1.82) is 0 Å². The van der Waals surface area contributed by atoms with Crippen LogP contribution in [0.3, 0.4) is 0 Å². The van der Waals surface area contributed by atoms with Crippen molar-refractivity contribution in [3.05, 3.63) is 40.3 Å². The molecule has 4 fully saturated rings. The average molecular weight is 564 g/mol. The van der Waals surface area contributed by atoms with Gasteiger partial charge in [0, 0.05) is 24.2 Å². The Morgan fingerprint density at radius 3 is 2.22 bits per heavy atom. The van der Waals surface area contributed by atoms with Crippen LogP contribution in [0.4, 0.5) is 0 Å². The van der Waals surface area contributed by atoms with E-state index in [2.05, 4.69) is 15.0 Å². The summed E-state index contributed by atoms with van der Waals surface area (Å²) in [7, 11) is 0. The molecule has 2 unspecified atom stereocenters. The first-order valence-electron chi connectivity index (χ1n) is 15.2. The zero-order valence-corrected chi connectivity index (χ0v) is 24.0. The molecule has 1 aromatic heterocycles. The van der Waals surface area contributed by atoms with Crippen molar-refractivity contribution in [3.8, 4) is 0 Å². The van der Waals surface area contributed by atoms with E-state index in [1.54, 1.807) is 10.6 Å². The molecule has 41 heavy (non-hydrogen) atoms. The number of carbonyl (C=O) groups excluding carboxylic acids is 1. The number of hydrogen-bond donors (Lipinski definition) is 2. The van der Waals surface area contributed by atoms with Gasteiger partial charge in [-0.05, 0) is 82.8 Å². The number of rotatable bonds is 7. The molecule has 2 aliphatic carbocycles. The number of carbonyl (C=O) groups is 2. The van der Waals surface area contributed by atoms with E-state index in [0.717, 1.165) is 37.5 Å². The van der Waals surface area contributed by atoms with Crippen LogP contribution < -0.4 is 11.3 Å². The highest BCUT2D eigenvalue weighted by molar-refractivity contribution is 6.41. The molecule has 3 heterocycles. The smallest absolute Gasteiger partial charge is 0.360 e. The van der Waals surface area contributed by atoms with E-state index in [-0.39, 0.29) is 11.7 Å². The summed E-state index contributed by atoms with van der Waals surface area (Å²) in [6.45, 7) is 2.77. The first-order chi connectivity index (χ1) is 19.6. The average Bonchev–Trinajstić information content (AvgIpc) is 2.92. The molecule has 6 atom stereocenters. The number of para-hydroxylation sites is 2. The first kappa shape index (κ1) is 27.9. The summed E-state index contributed by atoms with van der Waals surface area (Å²) >= 11 is 0. The zero-order valence-electron chi connectivity index (χ0n) is 24.0. The van der Waals surface area contributed by atoms with Gasteiger partial charge in [0.05, 0.1) is 11.0 Å². The summed E-state index contributed by atoms with van der Waals surface area (Å²) in [6, 6.07) is 8.71. The van der Waals surface area contributed by atoms with E-state index in [1.165, 1.54) is 58.8 Å². The molecule has 0 spiro atoms. The monoisotopic (exact) mass is 563 g/mol. The van der Waals surface area contributed by atoms with Crippen LogP contribution in [0.5, 0.6) is 0 Å². The minimum atomic E-state index is -1.56. The molecule has 10 heteroatoms. The molecule has 2 saturated carbocycles. The van der Waals surface area contributed by atoms with Crippen molar-refractivity contribution < 1.29 is 19.5 Å². The lowest BCUT2D eigenvalue weighted by Crippen LogP contribution is -2.58. The first-order valence-corrected chi connectivity index (χ1v) is 15.2. The Balaban J connectivity index is 1.37. The van der Waals surface area contributed by atoms with Gasteiger partial charge in [0.15, 0.2) is 5.69 Å². The Labute approximate surface area is 239 Å². The molecule has 1 amide bonds. The van der Waals surface area contributed by atoms with Crippen molar-refractivity contribution in [2.45, 2.75) is 114 Å². The van der Waals surface area contributed by atoms with Crippen LogP contribution in [0.25, 0.3) is 11.0 Å². The van der Waals surface area contributed by atoms with Crippen LogP contribution in [-0.2, 0) is 14.4 Å². The second kappa shape index (κ2) is 10.9. The molecular formula is C31H41N5O5. The molecule has 220 valence electrons. The molecule has 10 nitrogen and oxygen atoms in total. The molecule has 4 bridgehead atoms. The quantitative estimate of drug-likeness (QED) is 0.383. The van der Waals surface area contributed by atoms with Crippen molar-refractivity contribution in [3.63, 3.8) is 0 Å². The van der Waals surface area contributed by atoms with E-state index in [4.69, 9.17) is 10.6 Å². The Kier molecular flexibility index (Phi) is 7.38. The van der Waals surface area contributed by atoms with Crippen LogP contribution in [0.15, 0.2) is 34.2 Å². The van der Waals surface area contributed by atoms with Crippen molar-refractivity contribution in [1.82, 2.24) is 14.5 Å². The number of fused-ring (bicyclic) bond motifs is 5. The standard InChI is InChI=1S/C31H41N5O5/c1-31(2,30(32)40)41-34-27(29(38)39)26-28(37)36(25-12-4-3-11-24(25)33-26)23-16-20-9-6-10-21(17-23)35(20)22-14-18-7-5-8-19(13-18)15-22/h3-4,11-12,18-23H,5-10,13-17H2,1-2H3,(H2,32,40)(H,38,39)/t18-,19+,20-,21+,22?,23?. The van der Waals surface area contributed by atoms with E-state index >= 15 is 0 Å². The summed E-state index contributed by atoms with van der Waals surface area (Å²) in [6.07, 6.45) is 13.3. The van der Waals surface area contributed by atoms with E-state index in [0.29, 0.717) is 29.2 Å². The number of carboxylic acids is 1. The molecule has 2 aromatic rings. The number of amides is 1. The lowest BCUT2D eigenvalue weighted by atomic mass is 9.68. The van der Waals surface area contributed by atoms with Gasteiger partial charge in [0.1, 0.15) is 0 Å². The van der Waals surface area contributed by atoms with Crippen LogP contribution in [0.2, 0.25) is 0 Å². The number of piperidine rings is 2. The Hall–Kier alpha value is -3.27. The minimum Gasteiger partial charge on any atom is -0.476 e. The number of aromatic nitrogens is 2. The number of nitrogens with zero attached hydrogens (tertiary/aromatic N) is 4. The van der Waals surface area contributed by atoms with Gasteiger partial charge < -0.3 is 20.2 Å². The van der Waals surface area contributed by atoms with E-state index in [9.17, 15) is 19.5 Å². The van der Waals surface area contributed by atoms with Gasteiger partial charge in [0.2, 0.25) is 11.3 Å². The predicted molar refractivity (Wildman–Crippen MR) is 155 cm³/mol. The fourth-order valence-corrected chi connectivity index (χ4v) is 8.19. The van der Waals surface area contributed by atoms with Crippen molar-refractivity contribution in [2.75, 3.05) is 0 Å². The summed E-state index contributed by atoms with van der Waals surface area (Å²) in [5, 5.41) is 13.7. The maximum absolute atomic E-state index is 14.1. The molecule has 2 aliphatic heterocycles. The lowest BCUT2D eigenvalue weighted by Gasteiger charge is -2.55. The van der Waals surface area contributed by atoms with Crippen molar-refractivity contribution in [2.24, 2.45) is 22.7 Å². The van der Waals surface area contributed by atoms with Gasteiger partial charge in [0.25, 0.3) is 11.5 Å². The molecule has 6 rings (SSSR count). The van der Waals surface area contributed by atoms with Gasteiger partial charge in [-0.3, -0.25) is 14.5 Å². The van der Waals surface area contributed by atoms with Gasteiger partial charge in [-0.1, -0.05) is 43.0 Å². The SMILES string of the molecule is CC(C)(ON=C(C(=O)O)c1nc2ccccc2n(C2C[C@H]3CCC[C@@H](C2)N3C2C[C@H]3CCC[C@@H](C2)C3)c1=O)C(N)=O. The Bertz CT molecular complexity index is 1410. The number of primary amides is 1. The summed E-state index contributed by atoms with van der Waals surface area (Å²) in [4.78, 5) is 50.7. The topological polar surface area (TPSA) is 140 Å². The second-order valence-electron chi connectivity index (χ2n) is 13.2. The third-order valence-electron chi connectivity index (χ3n) is 10.1. The number of carboxylic acid groups (broad SMARTS) is 1. The van der Waals surface area contributed by atoms with Gasteiger partial charge in [-0.25, -0.2) is 9.78 Å². The fourth-order valence-electron chi connectivity index (χ4n) is 8.19. The van der Waals surface area contributed by atoms with E-state index in [1.807, 2.05) is 18.2 Å². The fraction of sp³-hybridized carbons (Fsp3) is 0.645. The third-order valence-corrected chi connectivity index (χ3v) is 10.1. The van der Waals surface area contributed by atoms with Gasteiger partial charge >= 0.3 is 5.97 Å². The van der Waals surface area contributed by atoms with Crippen molar-refractivity contribution >= 4 is 28.6 Å². The maximum Gasteiger partial charge on any atom is 0.360 e. The highest BCUT2D eigenvalue weighted by atomic mass is 16.7. The Morgan fingerprint density at radius 1 is 0.951 bits per heavy atom. The second-order valence-corrected chi connectivity index (χ2v) is 13.2. The maximum atomic E-state index is 14.1. The highest BCUT2D eigenvalue weighted by Crippen LogP contribution is 2.47. The van der Waals surface area contributed by atoms with Gasteiger partial charge in [-0.15, -0.1) is 0 Å². The van der Waals surface area contributed by atoms with E-state index < -0.39 is 28.7 Å². The minimum absolute atomic E-state index is 0.0817. The number of nitrogens with two attached hydrogens (primary N) is 1. The largest absolute Gasteiger partial charge is 0.476 e. The third kappa shape index (κ3) is 5.27. The van der Waals surface area contributed by atoms with Crippen LogP contribution >= 0.6 is 0 Å². The zero-order chi connectivity index (χ0) is 28.9. The molecular weight excluding hydrogens is 522 g/mol.